The first-order valence-corrected chi connectivity index (χ1v) is 12.1. The molecule has 3 aromatic carbocycles. The first kappa shape index (κ1) is 25.7. The summed E-state index contributed by atoms with van der Waals surface area (Å²) >= 11 is 0. The molecule has 0 saturated carbocycles. The Hall–Kier alpha value is -3.35. The summed E-state index contributed by atoms with van der Waals surface area (Å²) in [6, 6.07) is 18.6. The van der Waals surface area contributed by atoms with E-state index >= 15 is 0 Å². The summed E-state index contributed by atoms with van der Waals surface area (Å²) in [6.45, 7) is 4.23. The molecule has 0 aliphatic carbocycles. The number of piperidine rings is 1. The average Bonchev–Trinajstić information content (AvgIpc) is 2.89. The highest BCUT2D eigenvalue weighted by Crippen LogP contribution is 2.47. The molecule has 3 aromatic rings. The van der Waals surface area contributed by atoms with E-state index in [1.165, 1.54) is 31.4 Å². The fourth-order valence-electron chi connectivity index (χ4n) is 4.86. The minimum Gasteiger partial charge on any atom is -0.508 e. The number of halogens is 1. The van der Waals surface area contributed by atoms with Crippen LogP contribution in [0.3, 0.4) is 0 Å². The number of fused-ring (bicyclic) bond motifs is 1. The van der Waals surface area contributed by atoms with Crippen LogP contribution in [-0.2, 0) is 0 Å². The van der Waals surface area contributed by atoms with E-state index in [9.17, 15) is 10.2 Å². The van der Waals surface area contributed by atoms with Crippen molar-refractivity contribution in [1.82, 2.24) is 4.90 Å². The molecule has 190 valence electrons. The topological polar surface area (TPSA) is 71.4 Å². The zero-order chi connectivity index (χ0) is 24.2. The van der Waals surface area contributed by atoms with Gasteiger partial charge in [-0.25, -0.2) is 0 Å². The van der Waals surface area contributed by atoms with Crippen LogP contribution in [0.2, 0.25) is 0 Å². The SMILES string of the molecule is COc1ccc(C2=C(c3ccc(OCCN4CCCCC4)cc3)c3c(O)cc(O)cc3OC2)cc1.Cl. The van der Waals surface area contributed by atoms with E-state index in [1.54, 1.807) is 7.11 Å². The zero-order valence-electron chi connectivity index (χ0n) is 20.4. The second kappa shape index (κ2) is 11.6. The highest BCUT2D eigenvalue weighted by molar-refractivity contribution is 6.03. The maximum atomic E-state index is 10.8. The molecule has 0 radical (unpaired) electrons. The van der Waals surface area contributed by atoms with Crippen molar-refractivity contribution in [2.75, 3.05) is 40.0 Å². The summed E-state index contributed by atoms with van der Waals surface area (Å²) in [5.41, 5.74) is 4.29. The van der Waals surface area contributed by atoms with Crippen LogP contribution >= 0.6 is 12.4 Å². The summed E-state index contributed by atoms with van der Waals surface area (Å²) in [5, 5.41) is 20.8. The predicted octanol–water partition coefficient (Wildman–Crippen LogP) is 5.74. The second-order valence-electron chi connectivity index (χ2n) is 8.98. The van der Waals surface area contributed by atoms with E-state index in [0.717, 1.165) is 53.4 Å². The van der Waals surface area contributed by atoms with Crippen molar-refractivity contribution in [3.05, 3.63) is 77.4 Å². The lowest BCUT2D eigenvalue weighted by atomic mass is 9.87. The van der Waals surface area contributed by atoms with Crippen molar-refractivity contribution in [1.29, 1.82) is 0 Å². The van der Waals surface area contributed by atoms with Crippen molar-refractivity contribution in [3.63, 3.8) is 0 Å². The monoisotopic (exact) mass is 509 g/mol. The Morgan fingerprint density at radius 2 is 1.53 bits per heavy atom. The van der Waals surface area contributed by atoms with E-state index in [2.05, 4.69) is 4.90 Å². The molecule has 0 atom stereocenters. The van der Waals surface area contributed by atoms with E-state index in [0.29, 0.717) is 24.5 Å². The molecule has 2 heterocycles. The number of benzene rings is 3. The van der Waals surface area contributed by atoms with Crippen molar-refractivity contribution in [2.45, 2.75) is 19.3 Å². The van der Waals surface area contributed by atoms with Gasteiger partial charge in [-0.15, -0.1) is 12.4 Å². The number of nitrogens with zero attached hydrogens (tertiary/aromatic N) is 1. The smallest absolute Gasteiger partial charge is 0.135 e. The van der Waals surface area contributed by atoms with E-state index in [4.69, 9.17) is 14.2 Å². The van der Waals surface area contributed by atoms with Crippen LogP contribution in [0.25, 0.3) is 11.1 Å². The van der Waals surface area contributed by atoms with Crippen LogP contribution in [0.4, 0.5) is 0 Å². The van der Waals surface area contributed by atoms with Gasteiger partial charge in [0.15, 0.2) is 0 Å². The normalized spacial score (nSPS) is 15.5. The number of phenols is 2. The molecule has 0 bridgehead atoms. The summed E-state index contributed by atoms with van der Waals surface area (Å²) in [5.74, 6) is 1.98. The zero-order valence-corrected chi connectivity index (χ0v) is 21.2. The van der Waals surface area contributed by atoms with Gasteiger partial charge < -0.3 is 24.4 Å². The minimum atomic E-state index is -0.0362. The molecule has 7 heteroatoms. The minimum absolute atomic E-state index is 0. The van der Waals surface area contributed by atoms with E-state index < -0.39 is 0 Å². The molecular formula is C29H32ClNO5. The third-order valence-electron chi connectivity index (χ3n) is 6.70. The average molecular weight is 510 g/mol. The maximum Gasteiger partial charge on any atom is 0.135 e. The van der Waals surface area contributed by atoms with Gasteiger partial charge in [-0.2, -0.15) is 0 Å². The van der Waals surface area contributed by atoms with Gasteiger partial charge >= 0.3 is 0 Å². The second-order valence-corrected chi connectivity index (χ2v) is 8.98. The summed E-state index contributed by atoms with van der Waals surface area (Å²) < 4.78 is 17.3. The Labute approximate surface area is 218 Å². The van der Waals surface area contributed by atoms with Crippen LogP contribution < -0.4 is 14.2 Å². The molecule has 5 rings (SSSR count). The molecule has 1 saturated heterocycles. The van der Waals surface area contributed by atoms with Crippen LogP contribution in [0.5, 0.6) is 28.7 Å². The number of ether oxygens (including phenoxy) is 3. The lowest BCUT2D eigenvalue weighted by Gasteiger charge is -2.26. The maximum absolute atomic E-state index is 10.8. The standard InChI is InChI=1S/C29H31NO5.ClH/c1-33-23-9-5-20(6-10-23)25-19-35-27-18-22(31)17-26(32)29(27)28(25)21-7-11-24(12-8-21)34-16-15-30-13-3-2-4-14-30;/h5-12,17-18,31-32H,2-4,13-16,19H2,1H3;1H. The molecule has 0 spiro atoms. The molecule has 36 heavy (non-hydrogen) atoms. The Balaban J connectivity index is 0.00000304. The van der Waals surface area contributed by atoms with Gasteiger partial charge in [0.1, 0.15) is 42.0 Å². The molecule has 0 aromatic heterocycles. The Morgan fingerprint density at radius 1 is 0.861 bits per heavy atom. The van der Waals surface area contributed by atoms with Crippen molar-refractivity contribution in [3.8, 4) is 28.7 Å². The number of aromatic hydroxyl groups is 2. The molecule has 1 fully saturated rings. The van der Waals surface area contributed by atoms with Crippen molar-refractivity contribution < 1.29 is 24.4 Å². The Kier molecular flexibility index (Phi) is 8.28. The fraction of sp³-hybridized carbons (Fsp3) is 0.310. The van der Waals surface area contributed by atoms with Gasteiger partial charge in [0.25, 0.3) is 0 Å². The highest BCUT2D eigenvalue weighted by atomic mass is 35.5. The number of rotatable bonds is 7. The van der Waals surface area contributed by atoms with E-state index in [-0.39, 0.29) is 23.9 Å². The highest BCUT2D eigenvalue weighted by Gasteiger charge is 2.26. The molecule has 2 aliphatic heterocycles. The van der Waals surface area contributed by atoms with Gasteiger partial charge in [-0.3, -0.25) is 4.90 Å². The molecule has 0 amide bonds. The van der Waals surface area contributed by atoms with Crippen molar-refractivity contribution in [2.24, 2.45) is 0 Å². The van der Waals surface area contributed by atoms with Gasteiger partial charge in [0.2, 0.25) is 0 Å². The van der Waals surface area contributed by atoms with Crippen LogP contribution in [0.1, 0.15) is 36.0 Å². The van der Waals surface area contributed by atoms with Crippen LogP contribution in [0.15, 0.2) is 60.7 Å². The molecule has 2 N–H and O–H groups in total. The van der Waals surface area contributed by atoms with Gasteiger partial charge in [0.05, 0.1) is 12.7 Å². The van der Waals surface area contributed by atoms with Crippen molar-refractivity contribution >= 4 is 23.6 Å². The number of phenolic OH excluding ortho intramolecular Hbond substituents is 2. The predicted molar refractivity (Wildman–Crippen MR) is 144 cm³/mol. The molecule has 6 nitrogen and oxygen atoms in total. The Bertz CT molecular complexity index is 1200. The summed E-state index contributed by atoms with van der Waals surface area (Å²) in [7, 11) is 1.64. The number of methoxy groups -OCH3 is 1. The summed E-state index contributed by atoms with van der Waals surface area (Å²) in [4.78, 5) is 2.46. The third-order valence-corrected chi connectivity index (χ3v) is 6.70. The first-order valence-electron chi connectivity index (χ1n) is 12.1. The van der Waals surface area contributed by atoms with Crippen LogP contribution in [-0.4, -0.2) is 55.1 Å². The van der Waals surface area contributed by atoms with Gasteiger partial charge in [-0.1, -0.05) is 30.7 Å². The number of hydrogen-bond acceptors (Lipinski definition) is 6. The number of likely N-dealkylation sites (tertiary alicyclic amines) is 1. The fourth-order valence-corrected chi connectivity index (χ4v) is 4.86. The first-order chi connectivity index (χ1) is 17.1. The third kappa shape index (κ3) is 5.55. The summed E-state index contributed by atoms with van der Waals surface area (Å²) in [6.07, 6.45) is 3.88. The largest absolute Gasteiger partial charge is 0.508 e. The molecular weight excluding hydrogens is 478 g/mol. The van der Waals surface area contributed by atoms with Crippen LogP contribution in [0, 0.1) is 0 Å². The lowest BCUT2D eigenvalue weighted by Crippen LogP contribution is -2.33. The van der Waals surface area contributed by atoms with Gasteiger partial charge in [-0.05, 0) is 61.3 Å². The molecule has 2 aliphatic rings. The number of hydrogen-bond donors (Lipinski definition) is 2. The quantitative estimate of drug-likeness (QED) is 0.423. The lowest BCUT2D eigenvalue weighted by molar-refractivity contribution is 0.183. The Morgan fingerprint density at radius 3 is 2.22 bits per heavy atom. The van der Waals surface area contributed by atoms with E-state index in [1.807, 2.05) is 48.5 Å². The van der Waals surface area contributed by atoms with Gasteiger partial charge in [0, 0.05) is 29.8 Å². The molecule has 0 unspecified atom stereocenters.